The normalized spacial score (nSPS) is 14.5. The highest BCUT2D eigenvalue weighted by atomic mass is 32.1. The highest BCUT2D eigenvalue weighted by Gasteiger charge is 2.14. The molecule has 0 saturated heterocycles. The summed E-state index contributed by atoms with van der Waals surface area (Å²) < 4.78 is 5.18. The predicted molar refractivity (Wildman–Crippen MR) is 59.8 cm³/mol. The Morgan fingerprint density at radius 1 is 1.29 bits per heavy atom. The Balaban J connectivity index is 2.60. The Labute approximate surface area is 89.7 Å². The van der Waals surface area contributed by atoms with Gasteiger partial charge in [0, 0.05) is 5.25 Å². The summed E-state index contributed by atoms with van der Waals surface area (Å²) in [6.45, 7) is 3.73. The fraction of sp³-hybridized carbons (Fsp3) is 0.364. The molecule has 2 nitrogen and oxygen atoms in total. The summed E-state index contributed by atoms with van der Waals surface area (Å²) in [7, 11) is 0. The molecule has 0 heterocycles. The fourth-order valence-electron chi connectivity index (χ4n) is 0.910. The van der Waals surface area contributed by atoms with E-state index in [1.54, 1.807) is 12.1 Å². The van der Waals surface area contributed by atoms with Crippen molar-refractivity contribution in [3.8, 4) is 0 Å². The van der Waals surface area contributed by atoms with Crippen LogP contribution in [0.5, 0.6) is 0 Å². The zero-order valence-electron chi connectivity index (χ0n) is 8.31. The quantitative estimate of drug-likeness (QED) is 0.613. The van der Waals surface area contributed by atoms with Gasteiger partial charge in [0.05, 0.1) is 5.56 Å². The molecular weight excluding hydrogens is 196 g/mol. The first-order chi connectivity index (χ1) is 6.61. The molecule has 0 radical (unpaired) electrons. The maximum absolute atomic E-state index is 11.5. The van der Waals surface area contributed by atoms with Crippen molar-refractivity contribution in [1.29, 1.82) is 0 Å². The monoisotopic (exact) mass is 210 g/mol. The fourth-order valence-corrected chi connectivity index (χ4v) is 0.970. The Morgan fingerprint density at radius 2 is 1.86 bits per heavy atom. The molecule has 0 aliphatic carbocycles. The van der Waals surface area contributed by atoms with E-state index in [0.717, 1.165) is 0 Å². The molecule has 2 atom stereocenters. The van der Waals surface area contributed by atoms with E-state index in [-0.39, 0.29) is 17.3 Å². The minimum absolute atomic E-state index is 0.0441. The second-order valence-electron chi connectivity index (χ2n) is 3.22. The van der Waals surface area contributed by atoms with E-state index in [1.807, 2.05) is 32.0 Å². The number of carbonyl (C=O) groups excluding carboxylic acids is 1. The topological polar surface area (TPSA) is 26.3 Å². The summed E-state index contributed by atoms with van der Waals surface area (Å²) in [5.41, 5.74) is 0.577. The Morgan fingerprint density at radius 3 is 2.36 bits per heavy atom. The van der Waals surface area contributed by atoms with Crippen molar-refractivity contribution in [3.05, 3.63) is 35.9 Å². The molecule has 3 heteroatoms. The van der Waals surface area contributed by atoms with Gasteiger partial charge in [0.2, 0.25) is 0 Å². The van der Waals surface area contributed by atoms with Gasteiger partial charge in [0.1, 0.15) is 6.10 Å². The Bertz CT molecular complexity index is 295. The van der Waals surface area contributed by atoms with Gasteiger partial charge in [-0.2, -0.15) is 12.6 Å². The minimum Gasteiger partial charge on any atom is -0.458 e. The summed E-state index contributed by atoms with van der Waals surface area (Å²) in [4.78, 5) is 11.5. The molecule has 1 aromatic carbocycles. The van der Waals surface area contributed by atoms with Crippen molar-refractivity contribution >= 4 is 18.6 Å². The van der Waals surface area contributed by atoms with Crippen LogP contribution in [0.2, 0.25) is 0 Å². The van der Waals surface area contributed by atoms with Crippen LogP contribution in [0.25, 0.3) is 0 Å². The predicted octanol–water partition coefficient (Wildman–Crippen LogP) is 2.55. The lowest BCUT2D eigenvalue weighted by molar-refractivity contribution is 0.0346. The molecule has 0 aromatic heterocycles. The molecule has 0 spiro atoms. The van der Waals surface area contributed by atoms with Crippen LogP contribution in [0.3, 0.4) is 0 Å². The number of hydrogen-bond acceptors (Lipinski definition) is 3. The number of esters is 1. The lowest BCUT2D eigenvalue weighted by Gasteiger charge is -2.15. The van der Waals surface area contributed by atoms with Crippen LogP contribution in [-0.2, 0) is 4.74 Å². The van der Waals surface area contributed by atoms with Crippen molar-refractivity contribution < 1.29 is 9.53 Å². The molecule has 0 N–H and O–H groups in total. The van der Waals surface area contributed by atoms with Crippen LogP contribution in [0.15, 0.2) is 30.3 Å². The first-order valence-electron chi connectivity index (χ1n) is 4.55. The third-order valence-corrected chi connectivity index (χ3v) is 2.40. The van der Waals surface area contributed by atoms with Crippen molar-refractivity contribution in [2.75, 3.05) is 0 Å². The third kappa shape index (κ3) is 3.07. The van der Waals surface area contributed by atoms with Crippen LogP contribution in [-0.4, -0.2) is 17.3 Å². The van der Waals surface area contributed by atoms with E-state index >= 15 is 0 Å². The summed E-state index contributed by atoms with van der Waals surface area (Å²) in [6.07, 6.45) is -0.175. The van der Waals surface area contributed by atoms with Gasteiger partial charge in [0.25, 0.3) is 0 Å². The zero-order valence-corrected chi connectivity index (χ0v) is 9.20. The average Bonchev–Trinajstić information content (AvgIpc) is 2.19. The van der Waals surface area contributed by atoms with E-state index < -0.39 is 0 Å². The SMILES string of the molecule is C[C@@H](S)[C@@H](C)OC(=O)c1ccccc1. The molecule has 0 unspecified atom stereocenters. The number of carbonyl (C=O) groups is 1. The van der Waals surface area contributed by atoms with Crippen LogP contribution in [0.4, 0.5) is 0 Å². The first kappa shape index (κ1) is 11.1. The van der Waals surface area contributed by atoms with Gasteiger partial charge in [-0.1, -0.05) is 18.2 Å². The second kappa shape index (κ2) is 5.05. The average molecular weight is 210 g/mol. The number of rotatable bonds is 3. The van der Waals surface area contributed by atoms with Crippen LogP contribution in [0.1, 0.15) is 24.2 Å². The Hall–Kier alpha value is -0.960. The van der Waals surface area contributed by atoms with Crippen molar-refractivity contribution in [1.82, 2.24) is 0 Å². The standard InChI is InChI=1S/C11H14O2S/c1-8(9(2)14)13-11(12)10-6-4-3-5-7-10/h3-9,14H,1-2H3/t8-,9-/m1/s1. The van der Waals surface area contributed by atoms with Crippen molar-refractivity contribution in [2.24, 2.45) is 0 Å². The number of ether oxygens (including phenoxy) is 1. The van der Waals surface area contributed by atoms with E-state index in [4.69, 9.17) is 4.74 Å². The van der Waals surface area contributed by atoms with Gasteiger partial charge in [-0.3, -0.25) is 0 Å². The summed E-state index contributed by atoms with van der Waals surface area (Å²) in [5.74, 6) is -0.293. The lowest BCUT2D eigenvalue weighted by atomic mass is 10.2. The van der Waals surface area contributed by atoms with E-state index in [1.165, 1.54) is 0 Å². The summed E-state index contributed by atoms with van der Waals surface area (Å²) in [5, 5.41) is 0.0441. The summed E-state index contributed by atoms with van der Waals surface area (Å²) >= 11 is 4.20. The van der Waals surface area contributed by atoms with Gasteiger partial charge in [-0.05, 0) is 26.0 Å². The van der Waals surface area contributed by atoms with Crippen molar-refractivity contribution in [3.63, 3.8) is 0 Å². The highest BCUT2D eigenvalue weighted by Crippen LogP contribution is 2.09. The molecule has 1 rings (SSSR count). The van der Waals surface area contributed by atoms with Gasteiger partial charge in [0.15, 0.2) is 0 Å². The maximum Gasteiger partial charge on any atom is 0.338 e. The number of benzene rings is 1. The molecule has 76 valence electrons. The number of thiol groups is 1. The smallest absolute Gasteiger partial charge is 0.338 e. The van der Waals surface area contributed by atoms with Gasteiger partial charge in [-0.15, -0.1) is 0 Å². The molecule has 1 aromatic rings. The summed E-state index contributed by atoms with van der Waals surface area (Å²) in [6, 6.07) is 8.95. The molecule has 0 saturated carbocycles. The molecular formula is C11H14O2S. The Kier molecular flexibility index (Phi) is 4.01. The zero-order chi connectivity index (χ0) is 10.6. The van der Waals surface area contributed by atoms with Gasteiger partial charge >= 0.3 is 5.97 Å². The molecule has 0 aliphatic heterocycles. The molecule has 0 fully saturated rings. The van der Waals surface area contributed by atoms with Gasteiger partial charge < -0.3 is 4.74 Å². The van der Waals surface area contributed by atoms with Crippen molar-refractivity contribution in [2.45, 2.75) is 25.2 Å². The van der Waals surface area contributed by atoms with Gasteiger partial charge in [-0.25, -0.2) is 4.79 Å². The lowest BCUT2D eigenvalue weighted by Crippen LogP contribution is -2.22. The van der Waals surface area contributed by atoms with E-state index in [2.05, 4.69) is 12.6 Å². The van der Waals surface area contributed by atoms with Crippen LogP contribution < -0.4 is 0 Å². The third-order valence-electron chi connectivity index (χ3n) is 1.98. The first-order valence-corrected chi connectivity index (χ1v) is 5.07. The molecule has 14 heavy (non-hydrogen) atoms. The largest absolute Gasteiger partial charge is 0.458 e. The molecule has 0 bridgehead atoms. The maximum atomic E-state index is 11.5. The highest BCUT2D eigenvalue weighted by molar-refractivity contribution is 7.81. The van der Waals surface area contributed by atoms with Crippen LogP contribution in [0, 0.1) is 0 Å². The van der Waals surface area contributed by atoms with E-state index in [9.17, 15) is 4.79 Å². The number of hydrogen-bond donors (Lipinski definition) is 1. The molecule has 0 amide bonds. The van der Waals surface area contributed by atoms with E-state index in [0.29, 0.717) is 5.56 Å². The van der Waals surface area contributed by atoms with Crippen LogP contribution >= 0.6 is 12.6 Å². The minimum atomic E-state index is -0.293. The second-order valence-corrected chi connectivity index (χ2v) is 4.03. The molecule has 0 aliphatic rings.